The highest BCUT2D eigenvalue weighted by Gasteiger charge is 2.35. The second-order valence-corrected chi connectivity index (χ2v) is 11.1. The lowest BCUT2D eigenvalue weighted by molar-refractivity contribution is 0.103. The van der Waals surface area contributed by atoms with Crippen molar-refractivity contribution in [3.63, 3.8) is 0 Å². The van der Waals surface area contributed by atoms with Crippen molar-refractivity contribution in [2.45, 2.75) is 104 Å². The molecule has 0 saturated heterocycles. The molecule has 0 radical (unpaired) electrons. The number of ketones is 1. The van der Waals surface area contributed by atoms with Crippen LogP contribution in [0.1, 0.15) is 126 Å². The van der Waals surface area contributed by atoms with E-state index in [-0.39, 0.29) is 16.9 Å². The van der Waals surface area contributed by atoms with Gasteiger partial charge in [0.2, 0.25) is 0 Å². The molecule has 180 valence electrons. The Morgan fingerprint density at radius 2 is 1.55 bits per heavy atom. The Hall–Kier alpha value is -2.49. The summed E-state index contributed by atoms with van der Waals surface area (Å²) in [6, 6.07) is 10.3. The first-order valence-corrected chi connectivity index (χ1v) is 12.3. The fourth-order valence-corrected chi connectivity index (χ4v) is 4.49. The topological polar surface area (TPSA) is 66.7 Å². The van der Waals surface area contributed by atoms with Crippen molar-refractivity contribution >= 4 is 5.78 Å². The van der Waals surface area contributed by atoms with Crippen LogP contribution >= 0.6 is 0 Å². The van der Waals surface area contributed by atoms with Crippen LogP contribution in [0.5, 0.6) is 5.75 Å². The van der Waals surface area contributed by atoms with Crippen LogP contribution in [0.3, 0.4) is 0 Å². The van der Waals surface area contributed by atoms with Crippen LogP contribution < -0.4 is 0 Å². The molecule has 0 spiro atoms. The maximum Gasteiger partial charge on any atom is 0.193 e. The maximum absolute atomic E-state index is 13.7. The molecule has 4 heteroatoms. The van der Waals surface area contributed by atoms with Gasteiger partial charge in [0.25, 0.3) is 0 Å². The van der Waals surface area contributed by atoms with Crippen LogP contribution in [0.2, 0.25) is 0 Å². The summed E-state index contributed by atoms with van der Waals surface area (Å²) in [6.07, 6.45) is 5.91. The van der Waals surface area contributed by atoms with Gasteiger partial charge in [-0.25, -0.2) is 0 Å². The van der Waals surface area contributed by atoms with E-state index in [1.165, 1.54) is 6.42 Å². The lowest BCUT2D eigenvalue weighted by Gasteiger charge is -2.32. The van der Waals surface area contributed by atoms with Gasteiger partial charge in [-0.05, 0) is 28.9 Å². The predicted octanol–water partition coefficient (Wildman–Crippen LogP) is 8.39. The molecular formula is C29H41NO3. The van der Waals surface area contributed by atoms with E-state index in [0.29, 0.717) is 34.2 Å². The molecule has 0 aromatic heterocycles. The molecule has 33 heavy (non-hydrogen) atoms. The van der Waals surface area contributed by atoms with Gasteiger partial charge in [-0.1, -0.05) is 116 Å². The first-order chi connectivity index (χ1) is 15.4. The van der Waals surface area contributed by atoms with Crippen molar-refractivity contribution in [2.75, 3.05) is 0 Å². The van der Waals surface area contributed by atoms with E-state index < -0.39 is 11.5 Å². The zero-order valence-electron chi connectivity index (χ0n) is 21.5. The number of unbranched alkanes of at least 4 members (excludes halogenated alkanes) is 4. The second-order valence-electron chi connectivity index (χ2n) is 11.1. The van der Waals surface area contributed by atoms with Crippen molar-refractivity contribution in [1.29, 1.82) is 0 Å². The van der Waals surface area contributed by atoms with Crippen molar-refractivity contribution in [2.24, 2.45) is 5.18 Å². The normalized spacial score (nSPS) is 13.1. The highest BCUT2D eigenvalue weighted by Crippen LogP contribution is 2.46. The number of nitrogens with zero attached hydrogens (tertiary/aromatic N) is 1. The summed E-state index contributed by atoms with van der Waals surface area (Å²) in [5, 5.41) is 15.0. The number of phenols is 1. The van der Waals surface area contributed by atoms with E-state index in [1.54, 1.807) is 18.2 Å². The van der Waals surface area contributed by atoms with E-state index in [2.05, 4.69) is 12.1 Å². The standard InChI is InChI=1S/C29H41NO3/c1-8-9-10-11-15-18-23(30-33)24-21(26(31)20-16-13-12-14-17-20)19-22(28(2,3)4)27(32)25(24)29(5,6)7/h12-14,16-17,19,23,32H,8-11,15,18H2,1-7H3. The Morgan fingerprint density at radius 3 is 2.06 bits per heavy atom. The number of nitroso groups, excluding NO2 is 1. The third-order valence-electron chi connectivity index (χ3n) is 6.22. The average Bonchev–Trinajstić information content (AvgIpc) is 2.74. The average molecular weight is 452 g/mol. The number of hydrogen-bond acceptors (Lipinski definition) is 4. The van der Waals surface area contributed by atoms with Gasteiger partial charge in [0, 0.05) is 22.3 Å². The highest BCUT2D eigenvalue weighted by atomic mass is 16.3. The second kappa shape index (κ2) is 11.1. The van der Waals surface area contributed by atoms with Gasteiger partial charge in [0.05, 0.1) is 0 Å². The quantitative estimate of drug-likeness (QED) is 0.224. The fraction of sp³-hybridized carbons (Fsp3) is 0.552. The number of carbonyl (C=O) groups excluding carboxylic acids is 1. The molecule has 1 atom stereocenters. The van der Waals surface area contributed by atoms with Gasteiger partial charge >= 0.3 is 0 Å². The van der Waals surface area contributed by atoms with Gasteiger partial charge in [-0.2, -0.15) is 4.91 Å². The Kier molecular flexibility index (Phi) is 8.99. The molecule has 1 N–H and O–H groups in total. The van der Waals surface area contributed by atoms with Crippen LogP contribution in [0, 0.1) is 4.91 Å². The van der Waals surface area contributed by atoms with E-state index in [1.807, 2.05) is 59.7 Å². The molecule has 0 heterocycles. The maximum atomic E-state index is 13.7. The number of aromatic hydroxyl groups is 1. The molecule has 0 aliphatic heterocycles. The van der Waals surface area contributed by atoms with Crippen molar-refractivity contribution < 1.29 is 9.90 Å². The Balaban J connectivity index is 2.76. The summed E-state index contributed by atoms with van der Waals surface area (Å²) in [6.45, 7) is 14.3. The number of benzene rings is 2. The molecule has 0 aliphatic rings. The van der Waals surface area contributed by atoms with Crippen LogP contribution in [0.25, 0.3) is 0 Å². The smallest absolute Gasteiger partial charge is 0.193 e. The highest BCUT2D eigenvalue weighted by molar-refractivity contribution is 6.10. The molecule has 0 amide bonds. The monoisotopic (exact) mass is 451 g/mol. The zero-order chi connectivity index (χ0) is 24.8. The lowest BCUT2D eigenvalue weighted by atomic mass is 9.73. The van der Waals surface area contributed by atoms with Crippen LogP contribution in [-0.2, 0) is 10.8 Å². The summed E-state index contributed by atoms with van der Waals surface area (Å²) in [4.78, 5) is 25.9. The molecule has 0 aliphatic carbocycles. The molecule has 0 bridgehead atoms. The van der Waals surface area contributed by atoms with E-state index in [4.69, 9.17) is 0 Å². The Bertz CT molecular complexity index is 950. The third-order valence-corrected chi connectivity index (χ3v) is 6.22. The van der Waals surface area contributed by atoms with Crippen LogP contribution in [0.15, 0.2) is 41.6 Å². The van der Waals surface area contributed by atoms with Crippen LogP contribution in [0.4, 0.5) is 0 Å². The van der Waals surface area contributed by atoms with E-state index in [0.717, 1.165) is 25.7 Å². The number of rotatable bonds is 10. The lowest BCUT2D eigenvalue weighted by Crippen LogP contribution is -2.23. The molecule has 2 aromatic carbocycles. The van der Waals surface area contributed by atoms with Crippen molar-refractivity contribution in [3.05, 3.63) is 69.1 Å². The van der Waals surface area contributed by atoms with E-state index in [9.17, 15) is 14.8 Å². The molecule has 1 unspecified atom stereocenters. The summed E-state index contributed by atoms with van der Waals surface area (Å²) in [5.41, 5.74) is 2.15. The number of phenolic OH excluding ortho intramolecular Hbond substituents is 1. The number of hydrogen-bond donors (Lipinski definition) is 1. The summed E-state index contributed by atoms with van der Waals surface area (Å²) in [5.74, 6) is 0.0375. The van der Waals surface area contributed by atoms with E-state index >= 15 is 0 Å². The third kappa shape index (κ3) is 6.52. The Morgan fingerprint density at radius 1 is 0.939 bits per heavy atom. The molecule has 0 saturated carbocycles. The zero-order valence-corrected chi connectivity index (χ0v) is 21.5. The van der Waals surface area contributed by atoms with Gasteiger partial charge in [-0.3, -0.25) is 4.79 Å². The van der Waals surface area contributed by atoms with Gasteiger partial charge < -0.3 is 5.11 Å². The molecule has 4 nitrogen and oxygen atoms in total. The first kappa shape index (κ1) is 26.8. The first-order valence-electron chi connectivity index (χ1n) is 12.3. The van der Waals surface area contributed by atoms with Crippen molar-refractivity contribution in [1.82, 2.24) is 0 Å². The SMILES string of the molecule is CCCCCCCC(N=O)c1c(C(=O)c2ccccc2)cc(C(C)(C)C)c(O)c1C(C)(C)C. The molecule has 0 fully saturated rings. The predicted molar refractivity (Wildman–Crippen MR) is 137 cm³/mol. The number of carbonyl (C=O) groups is 1. The summed E-state index contributed by atoms with van der Waals surface area (Å²) < 4.78 is 0. The Labute approximate surface area is 199 Å². The van der Waals surface area contributed by atoms with Crippen molar-refractivity contribution in [3.8, 4) is 5.75 Å². The summed E-state index contributed by atoms with van der Waals surface area (Å²) >= 11 is 0. The minimum Gasteiger partial charge on any atom is -0.507 e. The fourth-order valence-electron chi connectivity index (χ4n) is 4.49. The minimum atomic E-state index is -0.677. The minimum absolute atomic E-state index is 0.138. The summed E-state index contributed by atoms with van der Waals surface area (Å²) in [7, 11) is 0. The molecule has 2 aromatic rings. The molecular weight excluding hydrogens is 410 g/mol. The largest absolute Gasteiger partial charge is 0.507 e. The van der Waals surface area contributed by atoms with Crippen LogP contribution in [-0.4, -0.2) is 10.9 Å². The van der Waals surface area contributed by atoms with Gasteiger partial charge in [0.1, 0.15) is 11.8 Å². The van der Waals surface area contributed by atoms with Gasteiger partial charge in [0.15, 0.2) is 5.78 Å². The van der Waals surface area contributed by atoms with Gasteiger partial charge in [-0.15, -0.1) is 0 Å². The molecule has 2 rings (SSSR count).